The topological polar surface area (TPSA) is 63.2 Å². The second-order valence-corrected chi connectivity index (χ2v) is 4.16. The number of unbranched alkanes of at least 4 members (excludes halogenated alkanes) is 3. The van der Waals surface area contributed by atoms with E-state index in [0.717, 1.165) is 0 Å². The van der Waals surface area contributed by atoms with Gasteiger partial charge in [-0.05, 0) is 11.2 Å². The van der Waals surface area contributed by atoms with Crippen molar-refractivity contribution in [3.63, 3.8) is 0 Å². The van der Waals surface area contributed by atoms with Crippen LogP contribution in [0.1, 0.15) is 39.5 Å². The zero-order valence-corrected chi connectivity index (χ0v) is 14.5. The van der Waals surface area contributed by atoms with E-state index in [0.29, 0.717) is 0 Å². The predicted octanol–water partition coefficient (Wildman–Crippen LogP) is -4.41. The van der Waals surface area contributed by atoms with Crippen molar-refractivity contribution in [2.75, 3.05) is 0 Å². The molecule has 0 saturated carbocycles. The summed E-state index contributed by atoms with van der Waals surface area (Å²) in [7, 11) is -4.33. The maximum absolute atomic E-state index is 8.89. The molecule has 0 spiro atoms. The standard InChI is InChI=1S/C6H14.2Na.H2O3S2/c1-3-5-6-4-2;;;1-5(2,3)4/h3-6H2,1-2H3;;;(H2,1,2,3,4)/q;2*+1;/p-2. The van der Waals surface area contributed by atoms with Gasteiger partial charge >= 0.3 is 59.1 Å². The van der Waals surface area contributed by atoms with Gasteiger partial charge in [-0.3, -0.25) is 4.21 Å². The molecule has 0 heterocycles. The van der Waals surface area contributed by atoms with Gasteiger partial charge in [0.25, 0.3) is 0 Å². The molecule has 70 valence electrons. The Morgan fingerprint density at radius 2 is 1.23 bits per heavy atom. The molecule has 0 N–H and O–H groups in total. The first-order chi connectivity index (χ1) is 4.91. The Labute approximate surface area is 130 Å². The Hall–Kier alpha value is 2.29. The Kier molecular flexibility index (Phi) is 31.5. The first-order valence-corrected chi connectivity index (χ1v) is 5.91. The van der Waals surface area contributed by atoms with Crippen LogP contribution in [-0.2, 0) is 20.2 Å². The Bertz CT molecular complexity index is 147. The van der Waals surface area contributed by atoms with Gasteiger partial charge in [0.1, 0.15) is 0 Å². The van der Waals surface area contributed by atoms with Crippen LogP contribution in [0.2, 0.25) is 0 Å². The Morgan fingerprint density at radius 3 is 1.31 bits per heavy atom. The first-order valence-electron chi connectivity index (χ1n) is 3.58. The summed E-state index contributed by atoms with van der Waals surface area (Å²) in [5, 5.41) is 0. The smallest absolute Gasteiger partial charge is 0.780 e. The summed E-state index contributed by atoms with van der Waals surface area (Å²) in [6, 6.07) is 0. The van der Waals surface area contributed by atoms with Gasteiger partial charge in [-0.15, -0.1) is 9.05 Å². The average molecular weight is 244 g/mol. The predicted molar refractivity (Wildman–Crippen MR) is 46.9 cm³/mol. The molecule has 0 saturated heterocycles. The number of hydrogen-bond donors (Lipinski definition) is 0. The molecule has 0 aliphatic rings. The van der Waals surface area contributed by atoms with Crippen LogP contribution < -0.4 is 59.1 Å². The van der Waals surface area contributed by atoms with Crippen molar-refractivity contribution in [2.45, 2.75) is 39.5 Å². The molecular weight excluding hydrogens is 230 g/mol. The van der Waals surface area contributed by atoms with E-state index in [2.05, 4.69) is 25.0 Å². The van der Waals surface area contributed by atoms with Gasteiger partial charge < -0.3 is 9.11 Å². The van der Waals surface area contributed by atoms with Crippen molar-refractivity contribution in [2.24, 2.45) is 0 Å². The van der Waals surface area contributed by atoms with Crippen LogP contribution in [0.3, 0.4) is 0 Å². The van der Waals surface area contributed by atoms with E-state index in [9.17, 15) is 0 Å². The molecule has 0 atom stereocenters. The van der Waals surface area contributed by atoms with Gasteiger partial charge in [0, 0.05) is 0 Å². The molecule has 0 fully saturated rings. The minimum Gasteiger partial charge on any atom is -0.780 e. The molecule has 0 bridgehead atoms. The minimum atomic E-state index is -4.33. The summed E-state index contributed by atoms with van der Waals surface area (Å²) in [6.45, 7) is 4.46. The third-order valence-electron chi connectivity index (χ3n) is 0.957. The number of hydrogen-bond acceptors (Lipinski definition) is 4. The molecule has 0 aliphatic heterocycles. The van der Waals surface area contributed by atoms with Crippen LogP contribution in [-0.4, -0.2) is 13.3 Å². The molecule has 0 aliphatic carbocycles. The maximum Gasteiger partial charge on any atom is 1.00 e. The molecule has 0 aromatic carbocycles. The number of rotatable bonds is 3. The van der Waals surface area contributed by atoms with Crippen molar-refractivity contribution in [3.8, 4) is 0 Å². The zero-order chi connectivity index (χ0) is 9.33. The van der Waals surface area contributed by atoms with Gasteiger partial charge in [-0.2, -0.15) is 0 Å². The van der Waals surface area contributed by atoms with Gasteiger partial charge in [-0.25, -0.2) is 0 Å². The van der Waals surface area contributed by atoms with Crippen LogP contribution in [0.5, 0.6) is 0 Å². The molecule has 3 nitrogen and oxygen atoms in total. The normalized spacial score (nSPS) is 8.62. The molecule has 0 aromatic heterocycles. The molecule has 0 rings (SSSR count). The fraction of sp³-hybridized carbons (Fsp3) is 1.00. The van der Waals surface area contributed by atoms with Crippen molar-refractivity contribution in [1.82, 2.24) is 0 Å². The fourth-order valence-electron chi connectivity index (χ4n) is 0.500. The van der Waals surface area contributed by atoms with Crippen molar-refractivity contribution < 1.29 is 72.4 Å². The second-order valence-electron chi connectivity index (χ2n) is 2.12. The molecule has 7 heteroatoms. The average Bonchev–Trinajstić information content (AvgIpc) is 1.79. The third-order valence-corrected chi connectivity index (χ3v) is 0.957. The van der Waals surface area contributed by atoms with Crippen LogP contribution in [0, 0.1) is 0 Å². The third kappa shape index (κ3) is 77.1. The minimum absolute atomic E-state index is 0. The summed E-state index contributed by atoms with van der Waals surface area (Å²) in [4.78, 5) is 0. The zero-order valence-electron chi connectivity index (χ0n) is 8.87. The van der Waals surface area contributed by atoms with Crippen LogP contribution >= 0.6 is 0 Å². The summed E-state index contributed by atoms with van der Waals surface area (Å²) in [5.74, 6) is 0. The van der Waals surface area contributed by atoms with Crippen molar-refractivity contribution >= 4 is 20.2 Å². The largest absolute Gasteiger partial charge is 1.00 e. The molecule has 0 unspecified atom stereocenters. The Balaban J connectivity index is -0.0000000546. The summed E-state index contributed by atoms with van der Waals surface area (Å²) < 4.78 is 26.7. The molecule has 0 aromatic rings. The monoisotopic (exact) mass is 244 g/mol. The molecular formula is C6H14Na2O3S2. The van der Waals surface area contributed by atoms with E-state index in [4.69, 9.17) is 13.3 Å². The van der Waals surface area contributed by atoms with Gasteiger partial charge in [0.05, 0.1) is 0 Å². The second kappa shape index (κ2) is 16.7. The van der Waals surface area contributed by atoms with E-state index in [-0.39, 0.29) is 59.1 Å². The quantitative estimate of drug-likeness (QED) is 0.371. The van der Waals surface area contributed by atoms with Crippen LogP contribution in [0.4, 0.5) is 0 Å². The van der Waals surface area contributed by atoms with Crippen LogP contribution in [0.15, 0.2) is 0 Å². The van der Waals surface area contributed by atoms with E-state index >= 15 is 0 Å². The van der Waals surface area contributed by atoms with Crippen molar-refractivity contribution in [3.05, 3.63) is 0 Å². The SMILES string of the molecule is CCCCCC.O=S([O-])([O-])=S.[Na+].[Na+]. The summed E-state index contributed by atoms with van der Waals surface area (Å²) >= 11 is 3.24. The van der Waals surface area contributed by atoms with Crippen molar-refractivity contribution in [1.29, 1.82) is 0 Å². The molecule has 0 radical (unpaired) electrons. The van der Waals surface area contributed by atoms with E-state index in [1.54, 1.807) is 0 Å². The molecule has 13 heavy (non-hydrogen) atoms. The summed E-state index contributed by atoms with van der Waals surface area (Å²) in [5.41, 5.74) is 0. The van der Waals surface area contributed by atoms with E-state index in [1.165, 1.54) is 25.7 Å². The van der Waals surface area contributed by atoms with E-state index in [1.807, 2.05) is 0 Å². The van der Waals surface area contributed by atoms with E-state index < -0.39 is 9.05 Å². The van der Waals surface area contributed by atoms with Gasteiger partial charge in [-0.1, -0.05) is 39.5 Å². The summed E-state index contributed by atoms with van der Waals surface area (Å²) in [6.07, 6.45) is 5.54. The Morgan fingerprint density at radius 1 is 1.08 bits per heavy atom. The van der Waals surface area contributed by atoms with Gasteiger partial charge in [0.15, 0.2) is 0 Å². The molecule has 0 amide bonds. The van der Waals surface area contributed by atoms with Crippen LogP contribution in [0.25, 0.3) is 0 Å². The fourth-order valence-corrected chi connectivity index (χ4v) is 0.500. The first kappa shape index (κ1) is 24.5. The van der Waals surface area contributed by atoms with Gasteiger partial charge in [0.2, 0.25) is 0 Å². The maximum atomic E-state index is 8.89.